The summed E-state index contributed by atoms with van der Waals surface area (Å²) in [7, 11) is 0. The highest BCUT2D eigenvalue weighted by Gasteiger charge is 2.32. The first-order valence-corrected chi connectivity index (χ1v) is 20.7. The first-order valence-electron chi connectivity index (χ1n) is 20.7. The van der Waals surface area contributed by atoms with Crippen LogP contribution in [0.2, 0.25) is 0 Å². The van der Waals surface area contributed by atoms with Gasteiger partial charge in [-0.15, -0.1) is 0 Å². The van der Waals surface area contributed by atoms with E-state index < -0.39 is 53.9 Å². The Labute approximate surface area is 353 Å². The van der Waals surface area contributed by atoms with Crippen molar-refractivity contribution < 1.29 is 44.0 Å². The number of benzene rings is 2. The molecule has 60 heavy (non-hydrogen) atoms. The molecule has 6 amide bonds. The van der Waals surface area contributed by atoms with Crippen LogP contribution < -0.4 is 32.0 Å². The summed E-state index contributed by atoms with van der Waals surface area (Å²) in [5.74, 6) is -2.61. The number of aliphatic hydroxyl groups excluding tert-OH is 1. The van der Waals surface area contributed by atoms with Crippen LogP contribution in [-0.2, 0) is 25.5 Å². The Bertz CT molecular complexity index is 1690. The van der Waals surface area contributed by atoms with Crippen LogP contribution in [0.15, 0.2) is 55.1 Å². The molecule has 0 saturated carbocycles. The number of ether oxygens (including phenoxy) is 2. The van der Waals surface area contributed by atoms with Gasteiger partial charge in [0.15, 0.2) is 11.5 Å². The van der Waals surface area contributed by atoms with Gasteiger partial charge in [0.05, 0.1) is 50.8 Å². The molecule has 9 N–H and O–H groups in total. The average Bonchev–Trinajstić information content (AvgIpc) is 3.23. The van der Waals surface area contributed by atoms with Gasteiger partial charge in [0.1, 0.15) is 12.1 Å². The number of rotatable bonds is 21. The van der Waals surface area contributed by atoms with Gasteiger partial charge in [0.25, 0.3) is 5.91 Å². The van der Waals surface area contributed by atoms with E-state index >= 15 is 0 Å². The highest BCUT2D eigenvalue weighted by Crippen LogP contribution is 2.29. The number of aromatic hydroxyl groups is 2. The van der Waals surface area contributed by atoms with Gasteiger partial charge in [0.2, 0.25) is 5.91 Å². The minimum Gasteiger partial charge on any atom is -0.504 e. The van der Waals surface area contributed by atoms with Crippen LogP contribution in [0.25, 0.3) is 5.70 Å². The molecule has 2 saturated heterocycles. The first kappa shape index (κ1) is 47.5. The molecule has 0 spiro atoms. The molecule has 2 heterocycles. The van der Waals surface area contributed by atoms with Crippen LogP contribution in [0, 0.1) is 11.8 Å². The number of nitrogens with one attached hydrogen (secondary N) is 6. The first-order chi connectivity index (χ1) is 28.7. The van der Waals surface area contributed by atoms with Crippen molar-refractivity contribution in [2.75, 3.05) is 85.3 Å². The van der Waals surface area contributed by atoms with Crippen LogP contribution in [0.1, 0.15) is 38.8 Å². The molecule has 0 bridgehead atoms. The summed E-state index contributed by atoms with van der Waals surface area (Å²) in [5, 5.41) is 47.8. The SMILES string of the molecule is C=C(c1ccc(O)c(O)c1)N(CC(O)C(Cc1ccccc1)NC(=O)[C@@H](NC(=O)NCCN1CCOCC1)C(C)C)NC(=O)[C@@H](NC(=O)NCCN1CCOCC1)C(C)C. The molecule has 2 fully saturated rings. The van der Waals surface area contributed by atoms with Crippen LogP contribution in [0.3, 0.4) is 0 Å². The predicted molar refractivity (Wildman–Crippen MR) is 227 cm³/mol. The summed E-state index contributed by atoms with van der Waals surface area (Å²) in [4.78, 5) is 58.3. The van der Waals surface area contributed by atoms with E-state index in [0.29, 0.717) is 58.2 Å². The Morgan fingerprint density at radius 1 is 0.733 bits per heavy atom. The van der Waals surface area contributed by atoms with Crippen LogP contribution in [-0.4, -0.2) is 164 Å². The van der Waals surface area contributed by atoms with Crippen molar-refractivity contribution in [3.8, 4) is 11.5 Å². The van der Waals surface area contributed by atoms with Gasteiger partial charge in [-0.2, -0.15) is 0 Å². The smallest absolute Gasteiger partial charge is 0.315 e. The second-order valence-corrected chi connectivity index (χ2v) is 15.8. The van der Waals surface area contributed by atoms with Gasteiger partial charge in [0, 0.05) is 57.9 Å². The zero-order valence-electron chi connectivity index (χ0n) is 35.3. The Morgan fingerprint density at radius 3 is 1.75 bits per heavy atom. The summed E-state index contributed by atoms with van der Waals surface area (Å²) in [6.45, 7) is 18.6. The van der Waals surface area contributed by atoms with E-state index in [1.165, 1.54) is 23.2 Å². The van der Waals surface area contributed by atoms with E-state index in [1.807, 2.05) is 30.3 Å². The van der Waals surface area contributed by atoms with Gasteiger partial charge < -0.3 is 51.4 Å². The fraction of sp³-hybridized carbons (Fsp3) is 0.571. The minimum atomic E-state index is -1.36. The van der Waals surface area contributed by atoms with E-state index in [4.69, 9.17) is 9.47 Å². The molecule has 332 valence electrons. The Hall–Kier alpha value is -5.14. The molecule has 4 rings (SSSR count). The third-order valence-electron chi connectivity index (χ3n) is 10.4. The molecule has 18 nitrogen and oxygen atoms in total. The monoisotopic (exact) mass is 839 g/mol. The number of urea groups is 2. The molecule has 18 heteroatoms. The number of phenolic OH excluding ortho intramolecular Hbond substituents is 2. The molecule has 2 aromatic carbocycles. The van der Waals surface area contributed by atoms with Crippen LogP contribution >= 0.6 is 0 Å². The molecule has 2 unspecified atom stereocenters. The number of amides is 6. The van der Waals surface area contributed by atoms with E-state index in [2.05, 4.69) is 48.4 Å². The minimum absolute atomic E-state index is 0.135. The topological polar surface area (TPSA) is 229 Å². The largest absolute Gasteiger partial charge is 0.504 e. The fourth-order valence-electron chi connectivity index (χ4n) is 6.78. The molecule has 0 aliphatic carbocycles. The number of carbonyl (C=O) groups excluding carboxylic acids is 4. The fourth-order valence-corrected chi connectivity index (χ4v) is 6.78. The Morgan fingerprint density at radius 2 is 1.25 bits per heavy atom. The number of morpholine rings is 2. The maximum absolute atomic E-state index is 14.0. The summed E-state index contributed by atoms with van der Waals surface area (Å²) < 4.78 is 10.8. The lowest BCUT2D eigenvalue weighted by Crippen LogP contribution is -2.60. The van der Waals surface area contributed by atoms with Gasteiger partial charge in [-0.25, -0.2) is 9.59 Å². The zero-order chi connectivity index (χ0) is 43.6. The third kappa shape index (κ3) is 15.5. The normalized spacial score (nSPS) is 16.9. The van der Waals surface area contributed by atoms with Crippen molar-refractivity contribution in [1.82, 2.24) is 46.8 Å². The summed E-state index contributed by atoms with van der Waals surface area (Å²) in [6.07, 6.45) is -1.18. The highest BCUT2D eigenvalue weighted by atomic mass is 16.5. The summed E-state index contributed by atoms with van der Waals surface area (Å²) in [5.41, 5.74) is 4.04. The van der Waals surface area contributed by atoms with Gasteiger partial charge in [-0.1, -0.05) is 64.6 Å². The maximum Gasteiger partial charge on any atom is 0.315 e. The van der Waals surface area contributed by atoms with Gasteiger partial charge in [-0.05, 0) is 42.0 Å². The molecule has 0 radical (unpaired) electrons. The number of phenols is 2. The average molecular weight is 840 g/mol. The van der Waals surface area contributed by atoms with Gasteiger partial charge >= 0.3 is 12.1 Å². The molecule has 0 aromatic heterocycles. The number of carbonyl (C=O) groups is 4. The molecular formula is C42H65N9O9. The second-order valence-electron chi connectivity index (χ2n) is 15.8. The molecule has 2 aliphatic heterocycles. The number of hydrogen-bond donors (Lipinski definition) is 9. The van der Waals surface area contributed by atoms with E-state index in [0.717, 1.165) is 31.7 Å². The summed E-state index contributed by atoms with van der Waals surface area (Å²) >= 11 is 0. The number of aliphatic hydroxyl groups is 1. The molecule has 2 aliphatic rings. The zero-order valence-corrected chi connectivity index (χ0v) is 35.3. The second kappa shape index (κ2) is 24.2. The Kier molecular flexibility index (Phi) is 19.2. The number of hydrazine groups is 1. The Balaban J connectivity index is 1.50. The van der Waals surface area contributed by atoms with Crippen molar-refractivity contribution in [2.24, 2.45) is 11.8 Å². The van der Waals surface area contributed by atoms with Crippen molar-refractivity contribution in [1.29, 1.82) is 0 Å². The predicted octanol–water partition coefficient (Wildman–Crippen LogP) is 0.802. The lowest BCUT2D eigenvalue weighted by Gasteiger charge is -2.35. The quantitative estimate of drug-likeness (QED) is 0.0629. The number of nitrogens with zero attached hydrogens (tertiary/aromatic N) is 3. The van der Waals surface area contributed by atoms with Crippen LogP contribution in [0.4, 0.5) is 9.59 Å². The van der Waals surface area contributed by atoms with Gasteiger partial charge in [-0.3, -0.25) is 29.8 Å². The van der Waals surface area contributed by atoms with Crippen LogP contribution in [0.5, 0.6) is 11.5 Å². The lowest BCUT2D eigenvalue weighted by molar-refractivity contribution is -0.129. The van der Waals surface area contributed by atoms with E-state index in [9.17, 15) is 34.5 Å². The standard InChI is InChI=1S/C42H65N9O9/c1-28(2)37(46-41(57)43-13-15-49-17-21-59-22-18-49)39(55)45-33(25-31-9-7-6-8-10-31)36(54)27-51(30(5)32-11-12-34(52)35(53)26-32)48-40(56)38(29(3)4)47-42(58)44-14-16-50-19-23-60-24-20-50/h6-12,26,28-29,33,36-38,52-54H,5,13-25,27H2,1-4H3,(H,45,55)(H,48,56)(H2,43,46,57)(H2,44,47,58)/t33?,36?,37-,38-/m0/s1. The van der Waals surface area contributed by atoms with E-state index in [-0.39, 0.29) is 36.2 Å². The summed E-state index contributed by atoms with van der Waals surface area (Å²) in [6, 6.07) is 9.29. The third-order valence-corrected chi connectivity index (χ3v) is 10.4. The van der Waals surface area contributed by atoms with Crippen molar-refractivity contribution in [2.45, 2.75) is 58.3 Å². The lowest BCUT2D eigenvalue weighted by atomic mass is 9.98. The molecule has 2 aromatic rings. The number of hydrogen-bond acceptors (Lipinski definition) is 12. The van der Waals surface area contributed by atoms with E-state index in [1.54, 1.807) is 27.7 Å². The molecular weight excluding hydrogens is 775 g/mol. The van der Waals surface area contributed by atoms with Crippen molar-refractivity contribution in [3.05, 3.63) is 66.2 Å². The van der Waals surface area contributed by atoms with Crippen molar-refractivity contribution in [3.63, 3.8) is 0 Å². The maximum atomic E-state index is 14.0. The van der Waals surface area contributed by atoms with Crippen molar-refractivity contribution >= 4 is 29.6 Å². The highest BCUT2D eigenvalue weighted by molar-refractivity contribution is 5.88. The molecule has 4 atom stereocenters.